The van der Waals surface area contributed by atoms with Gasteiger partial charge in [-0.05, 0) is 13.8 Å². The number of thiophene rings is 1. The Morgan fingerprint density at radius 3 is 3.00 bits per heavy atom. The molecule has 2 heterocycles. The Kier molecular flexibility index (Phi) is 3.84. The zero-order valence-electron chi connectivity index (χ0n) is 10.3. The lowest BCUT2D eigenvalue weighted by Crippen LogP contribution is -2.40. The third-order valence-electron chi connectivity index (χ3n) is 2.85. The summed E-state index contributed by atoms with van der Waals surface area (Å²) in [5, 5.41) is 21.2. The van der Waals surface area contributed by atoms with Crippen molar-refractivity contribution in [3.8, 4) is 0 Å². The van der Waals surface area contributed by atoms with E-state index in [0.717, 1.165) is 0 Å². The number of morpholine rings is 1. The SMILES string of the molecule is CC1CN(c2sc([C@H](C)O)cc2[N+](=O)[O-])CCO1. The minimum atomic E-state index is -0.680. The molecule has 1 aliphatic heterocycles. The number of nitrogens with zero attached hydrogens (tertiary/aromatic N) is 2. The Labute approximate surface area is 109 Å². The minimum absolute atomic E-state index is 0.0652. The van der Waals surface area contributed by atoms with Crippen molar-refractivity contribution in [1.29, 1.82) is 0 Å². The monoisotopic (exact) mass is 272 g/mol. The van der Waals surface area contributed by atoms with E-state index in [9.17, 15) is 15.2 Å². The topological polar surface area (TPSA) is 75.8 Å². The third kappa shape index (κ3) is 2.63. The number of anilines is 1. The molecule has 0 bridgehead atoms. The van der Waals surface area contributed by atoms with Crippen LogP contribution < -0.4 is 4.90 Å². The van der Waals surface area contributed by atoms with Crippen LogP contribution in [0.5, 0.6) is 0 Å². The van der Waals surface area contributed by atoms with Gasteiger partial charge in [0.05, 0.1) is 23.7 Å². The van der Waals surface area contributed by atoms with E-state index in [-0.39, 0.29) is 11.8 Å². The van der Waals surface area contributed by atoms with Gasteiger partial charge < -0.3 is 14.7 Å². The Hall–Kier alpha value is -1.18. The number of hydrogen-bond acceptors (Lipinski definition) is 6. The molecule has 0 radical (unpaired) electrons. The van der Waals surface area contributed by atoms with Gasteiger partial charge >= 0.3 is 5.69 Å². The zero-order chi connectivity index (χ0) is 13.3. The molecular weight excluding hydrogens is 256 g/mol. The smallest absolute Gasteiger partial charge is 0.304 e. The van der Waals surface area contributed by atoms with Crippen molar-refractivity contribution in [2.24, 2.45) is 0 Å². The summed E-state index contributed by atoms with van der Waals surface area (Å²) in [6, 6.07) is 1.46. The second-order valence-electron chi connectivity index (χ2n) is 4.40. The van der Waals surface area contributed by atoms with Gasteiger partial charge in [0.15, 0.2) is 5.00 Å². The molecule has 1 N–H and O–H groups in total. The fourth-order valence-electron chi connectivity index (χ4n) is 1.96. The van der Waals surface area contributed by atoms with Crippen LogP contribution in [0.1, 0.15) is 24.8 Å². The number of aliphatic hydroxyl groups excluding tert-OH is 1. The molecule has 2 atom stereocenters. The second kappa shape index (κ2) is 5.21. The molecule has 0 amide bonds. The Morgan fingerprint density at radius 1 is 1.72 bits per heavy atom. The fraction of sp³-hybridized carbons (Fsp3) is 0.636. The summed E-state index contributed by atoms with van der Waals surface area (Å²) in [5.41, 5.74) is 0.0741. The predicted molar refractivity (Wildman–Crippen MR) is 69.2 cm³/mol. The number of nitro groups is 1. The van der Waals surface area contributed by atoms with Gasteiger partial charge in [-0.25, -0.2) is 0 Å². The lowest BCUT2D eigenvalue weighted by Gasteiger charge is -2.31. The van der Waals surface area contributed by atoms with Gasteiger partial charge in [-0.3, -0.25) is 10.1 Å². The lowest BCUT2D eigenvalue weighted by molar-refractivity contribution is -0.383. The highest BCUT2D eigenvalue weighted by Crippen LogP contribution is 2.40. The van der Waals surface area contributed by atoms with Crippen LogP contribution in [0.15, 0.2) is 6.07 Å². The van der Waals surface area contributed by atoms with E-state index < -0.39 is 11.0 Å². The van der Waals surface area contributed by atoms with Crippen LogP contribution in [0.2, 0.25) is 0 Å². The molecule has 0 saturated carbocycles. The van der Waals surface area contributed by atoms with Gasteiger partial charge in [0, 0.05) is 24.0 Å². The highest BCUT2D eigenvalue weighted by Gasteiger charge is 2.28. The van der Waals surface area contributed by atoms with E-state index in [4.69, 9.17) is 4.74 Å². The molecule has 1 unspecified atom stereocenters. The number of rotatable bonds is 3. The highest BCUT2D eigenvalue weighted by molar-refractivity contribution is 7.16. The van der Waals surface area contributed by atoms with Crippen LogP contribution in [0, 0.1) is 10.1 Å². The number of aliphatic hydroxyl groups is 1. The van der Waals surface area contributed by atoms with Crippen molar-refractivity contribution in [1.82, 2.24) is 0 Å². The molecule has 0 spiro atoms. The summed E-state index contributed by atoms with van der Waals surface area (Å²) >= 11 is 1.28. The van der Waals surface area contributed by atoms with E-state index in [1.165, 1.54) is 17.4 Å². The van der Waals surface area contributed by atoms with E-state index in [1.54, 1.807) is 6.92 Å². The molecule has 1 aromatic rings. The summed E-state index contributed by atoms with van der Waals surface area (Å²) in [6.45, 7) is 5.41. The van der Waals surface area contributed by atoms with Gasteiger partial charge in [0.2, 0.25) is 0 Å². The predicted octanol–water partition coefficient (Wildman–Crippen LogP) is 1.93. The van der Waals surface area contributed by atoms with Crippen molar-refractivity contribution >= 4 is 22.0 Å². The molecule has 6 nitrogen and oxygen atoms in total. The summed E-state index contributed by atoms with van der Waals surface area (Å²) in [5.74, 6) is 0. The molecule has 0 aromatic carbocycles. The quantitative estimate of drug-likeness (QED) is 0.672. The molecule has 1 fully saturated rings. The van der Waals surface area contributed by atoms with Crippen LogP contribution in [0.25, 0.3) is 0 Å². The van der Waals surface area contributed by atoms with E-state index >= 15 is 0 Å². The van der Waals surface area contributed by atoms with Crippen molar-refractivity contribution < 1.29 is 14.8 Å². The van der Waals surface area contributed by atoms with Crippen LogP contribution in [-0.4, -0.2) is 35.8 Å². The molecule has 18 heavy (non-hydrogen) atoms. The first kappa shape index (κ1) is 13.3. The first-order valence-corrected chi connectivity index (χ1v) is 6.63. The van der Waals surface area contributed by atoms with Crippen LogP contribution in [0.4, 0.5) is 10.7 Å². The van der Waals surface area contributed by atoms with Crippen LogP contribution in [-0.2, 0) is 4.74 Å². The van der Waals surface area contributed by atoms with Crippen molar-refractivity contribution in [2.75, 3.05) is 24.6 Å². The molecule has 0 aliphatic carbocycles. The lowest BCUT2D eigenvalue weighted by atomic mass is 10.3. The van der Waals surface area contributed by atoms with Crippen molar-refractivity contribution in [3.05, 3.63) is 21.1 Å². The number of hydrogen-bond donors (Lipinski definition) is 1. The summed E-state index contributed by atoms with van der Waals surface area (Å²) in [4.78, 5) is 13.2. The standard InChI is InChI=1S/C11H16N2O4S/c1-7-6-12(3-4-17-7)11-9(13(15)16)5-10(18-11)8(2)14/h5,7-8,14H,3-4,6H2,1-2H3/t7?,8-/m0/s1. The van der Waals surface area contributed by atoms with Crippen LogP contribution in [0.3, 0.4) is 0 Å². The highest BCUT2D eigenvalue weighted by atomic mass is 32.1. The average molecular weight is 272 g/mol. The second-order valence-corrected chi connectivity index (χ2v) is 5.46. The largest absolute Gasteiger partial charge is 0.388 e. The Morgan fingerprint density at radius 2 is 2.44 bits per heavy atom. The van der Waals surface area contributed by atoms with Crippen molar-refractivity contribution in [2.45, 2.75) is 26.1 Å². The molecule has 7 heteroatoms. The number of ether oxygens (including phenoxy) is 1. The molecule has 1 saturated heterocycles. The van der Waals surface area contributed by atoms with E-state index in [0.29, 0.717) is 29.6 Å². The Bertz CT molecular complexity index is 446. The maximum atomic E-state index is 11.1. The zero-order valence-corrected chi connectivity index (χ0v) is 11.1. The molecule has 100 valence electrons. The molecule has 1 aliphatic rings. The molecule has 2 rings (SSSR count). The van der Waals surface area contributed by atoms with Crippen LogP contribution >= 0.6 is 11.3 Å². The van der Waals surface area contributed by atoms with E-state index in [1.807, 2.05) is 11.8 Å². The summed E-state index contributed by atoms with van der Waals surface area (Å²) < 4.78 is 5.43. The van der Waals surface area contributed by atoms with Gasteiger partial charge in [-0.2, -0.15) is 0 Å². The normalized spacial score (nSPS) is 21.9. The van der Waals surface area contributed by atoms with Crippen molar-refractivity contribution in [3.63, 3.8) is 0 Å². The average Bonchev–Trinajstić information content (AvgIpc) is 2.73. The maximum Gasteiger partial charge on any atom is 0.304 e. The van der Waals surface area contributed by atoms with E-state index in [2.05, 4.69) is 0 Å². The molecule has 1 aromatic heterocycles. The maximum absolute atomic E-state index is 11.1. The first-order valence-electron chi connectivity index (χ1n) is 5.81. The third-order valence-corrected chi connectivity index (χ3v) is 4.20. The van der Waals surface area contributed by atoms with Gasteiger partial charge in [0.1, 0.15) is 0 Å². The fourth-order valence-corrected chi connectivity index (χ4v) is 3.05. The molecular formula is C11H16N2O4S. The van der Waals surface area contributed by atoms with Gasteiger partial charge in [0.25, 0.3) is 0 Å². The van der Waals surface area contributed by atoms with Gasteiger partial charge in [-0.15, -0.1) is 11.3 Å². The van der Waals surface area contributed by atoms with Gasteiger partial charge in [-0.1, -0.05) is 0 Å². The first-order chi connectivity index (χ1) is 8.49. The Balaban J connectivity index is 2.32. The summed E-state index contributed by atoms with van der Waals surface area (Å²) in [6.07, 6.45) is -0.614. The summed E-state index contributed by atoms with van der Waals surface area (Å²) in [7, 11) is 0. The minimum Gasteiger partial charge on any atom is -0.388 e.